The molecule has 7 rings (SSSR count). The number of amides is 3. The van der Waals surface area contributed by atoms with E-state index in [0.29, 0.717) is 70.2 Å². The number of benzene rings is 2. The third-order valence-electron chi connectivity index (χ3n) is 9.09. The highest BCUT2D eigenvalue weighted by atomic mass is 16.5. The van der Waals surface area contributed by atoms with Gasteiger partial charge in [-0.1, -0.05) is 48.6 Å². The number of aromatic nitrogens is 1. The average molecular weight is 579 g/mol. The molecule has 2 N–H and O–H groups in total. The predicted octanol–water partition coefficient (Wildman–Crippen LogP) is 3.24. The second-order valence-electron chi connectivity index (χ2n) is 11.8. The number of hydrogen-bond donors (Lipinski definition) is 2. The van der Waals surface area contributed by atoms with Crippen LogP contribution >= 0.6 is 0 Å². The molecule has 2 aromatic carbocycles. The van der Waals surface area contributed by atoms with Crippen LogP contribution in [0.2, 0.25) is 0 Å². The van der Waals surface area contributed by atoms with Crippen molar-refractivity contribution in [2.75, 3.05) is 44.8 Å². The van der Waals surface area contributed by atoms with Crippen LogP contribution in [0, 0.1) is 0 Å². The van der Waals surface area contributed by atoms with Crippen LogP contribution in [0.3, 0.4) is 0 Å². The number of hydrogen-bond acceptors (Lipinski definition) is 6. The molecule has 3 aliphatic heterocycles. The minimum atomic E-state index is -0.767. The predicted molar refractivity (Wildman–Crippen MR) is 161 cm³/mol. The number of fused-ring (bicyclic) bond motifs is 4. The molecule has 1 fully saturated rings. The van der Waals surface area contributed by atoms with Crippen molar-refractivity contribution in [2.24, 2.45) is 0 Å². The lowest BCUT2D eigenvalue weighted by Crippen LogP contribution is -2.55. The van der Waals surface area contributed by atoms with Gasteiger partial charge in [0.15, 0.2) is 0 Å². The van der Waals surface area contributed by atoms with Gasteiger partial charge in [0.2, 0.25) is 11.8 Å². The van der Waals surface area contributed by atoms with E-state index in [1.54, 1.807) is 17.2 Å². The standard InChI is InChI=1S/C34H34N4O5/c39-31-24-8-9-25-18-34(19-26(25)16-24)28-15-22(20-35-30(28)37-33(34)41)5-4-11-42-13-14-43-12-10-38-21-27(17-29(36-31)32(38)40)23-6-2-1-3-7-23/h1-9,15-16,20,27,29H,10-14,17-19,21H2,(H,36,39)(H,35,37,41)/b5-4+/t27?,29?,34-/m1/s1. The number of carbonyl (C=O) groups excluding carboxylic acids is 3. The van der Waals surface area contributed by atoms with Gasteiger partial charge in [-0.05, 0) is 59.7 Å². The zero-order valence-corrected chi connectivity index (χ0v) is 23.9. The van der Waals surface area contributed by atoms with Crippen molar-refractivity contribution in [2.45, 2.75) is 36.6 Å². The fraction of sp³-hybridized carbons (Fsp3) is 0.353. The van der Waals surface area contributed by atoms with Crippen molar-refractivity contribution in [3.05, 3.63) is 100 Å². The summed E-state index contributed by atoms with van der Waals surface area (Å²) in [6, 6.07) is 17.1. The summed E-state index contributed by atoms with van der Waals surface area (Å²) >= 11 is 0. The molecule has 3 atom stereocenters. The van der Waals surface area contributed by atoms with E-state index in [1.165, 1.54) is 0 Å². The summed E-state index contributed by atoms with van der Waals surface area (Å²) in [5, 5.41) is 6.01. The van der Waals surface area contributed by atoms with Crippen LogP contribution in [0.1, 0.15) is 50.5 Å². The van der Waals surface area contributed by atoms with Gasteiger partial charge < -0.3 is 25.0 Å². The molecule has 9 nitrogen and oxygen atoms in total. The zero-order valence-electron chi connectivity index (χ0n) is 23.9. The number of anilines is 1. The van der Waals surface area contributed by atoms with Gasteiger partial charge in [-0.25, -0.2) is 4.98 Å². The van der Waals surface area contributed by atoms with Gasteiger partial charge in [-0.15, -0.1) is 0 Å². The molecule has 1 aliphatic carbocycles. The van der Waals surface area contributed by atoms with Gasteiger partial charge in [-0.2, -0.15) is 0 Å². The molecule has 2 unspecified atom stereocenters. The molecule has 0 radical (unpaired) electrons. The maximum atomic E-state index is 13.6. The van der Waals surface area contributed by atoms with Crippen LogP contribution < -0.4 is 10.6 Å². The fourth-order valence-electron chi connectivity index (χ4n) is 6.85. The Morgan fingerprint density at radius 1 is 0.930 bits per heavy atom. The number of ether oxygens (including phenoxy) is 2. The SMILES string of the molecule is O=C1NC2CC(c3ccccc3)CN(CCOCCOC/C=C/c3cnc4c(c3)[C@]3(Cc5ccc1cc5C3)C(=O)N4)C2=O. The average Bonchev–Trinajstić information content (AvgIpc) is 3.54. The third-order valence-corrected chi connectivity index (χ3v) is 9.09. The molecule has 43 heavy (non-hydrogen) atoms. The molecular weight excluding hydrogens is 544 g/mol. The number of nitrogens with one attached hydrogen (secondary N) is 2. The summed E-state index contributed by atoms with van der Waals surface area (Å²) in [6.07, 6.45) is 7.16. The second-order valence-corrected chi connectivity index (χ2v) is 11.8. The van der Waals surface area contributed by atoms with E-state index < -0.39 is 11.5 Å². The Balaban J connectivity index is 1.19. The van der Waals surface area contributed by atoms with Crippen LogP contribution in [-0.2, 0) is 37.3 Å². The van der Waals surface area contributed by atoms with E-state index in [9.17, 15) is 14.4 Å². The van der Waals surface area contributed by atoms with Gasteiger partial charge in [0.1, 0.15) is 11.9 Å². The van der Waals surface area contributed by atoms with Crippen LogP contribution in [0.25, 0.3) is 6.08 Å². The van der Waals surface area contributed by atoms with Gasteiger partial charge in [0, 0.05) is 36.3 Å². The number of piperidine rings is 1. The molecule has 4 heterocycles. The molecule has 4 aliphatic rings. The van der Waals surface area contributed by atoms with Crippen molar-refractivity contribution in [1.82, 2.24) is 15.2 Å². The highest BCUT2D eigenvalue weighted by Gasteiger charge is 2.51. The topological polar surface area (TPSA) is 110 Å². The van der Waals surface area contributed by atoms with Gasteiger partial charge in [-0.3, -0.25) is 14.4 Å². The Labute approximate surface area is 250 Å². The van der Waals surface area contributed by atoms with Crippen molar-refractivity contribution >= 4 is 29.6 Å². The lowest BCUT2D eigenvalue weighted by atomic mass is 9.79. The first-order valence-electron chi connectivity index (χ1n) is 14.9. The number of carbonyl (C=O) groups is 3. The Kier molecular flexibility index (Phi) is 7.28. The quantitative estimate of drug-likeness (QED) is 0.459. The van der Waals surface area contributed by atoms with Gasteiger partial charge >= 0.3 is 0 Å². The van der Waals surface area contributed by atoms with E-state index >= 15 is 0 Å². The summed E-state index contributed by atoms with van der Waals surface area (Å²) in [6.45, 7) is 2.64. The molecule has 3 amide bonds. The van der Waals surface area contributed by atoms with E-state index in [1.807, 2.05) is 48.6 Å². The minimum Gasteiger partial charge on any atom is -0.377 e. The van der Waals surface area contributed by atoms with Crippen LogP contribution in [-0.4, -0.2) is 73.2 Å². The van der Waals surface area contributed by atoms with Crippen molar-refractivity contribution in [1.29, 1.82) is 0 Å². The Morgan fingerprint density at radius 3 is 2.65 bits per heavy atom. The van der Waals surface area contributed by atoms with Crippen LogP contribution in [0.5, 0.6) is 0 Å². The van der Waals surface area contributed by atoms with Crippen LogP contribution in [0.4, 0.5) is 5.82 Å². The number of rotatable bonds is 1. The first-order valence-corrected chi connectivity index (χ1v) is 14.9. The van der Waals surface area contributed by atoms with Crippen molar-refractivity contribution in [3.63, 3.8) is 0 Å². The van der Waals surface area contributed by atoms with Crippen molar-refractivity contribution < 1.29 is 23.9 Å². The number of nitrogens with zero attached hydrogens (tertiary/aromatic N) is 2. The van der Waals surface area contributed by atoms with E-state index in [4.69, 9.17) is 9.47 Å². The molecule has 7 bridgehead atoms. The lowest BCUT2D eigenvalue weighted by molar-refractivity contribution is -0.137. The molecule has 1 saturated heterocycles. The summed E-state index contributed by atoms with van der Waals surface area (Å²) in [7, 11) is 0. The normalized spacial score (nSPS) is 26.3. The van der Waals surface area contributed by atoms with E-state index in [2.05, 4.69) is 27.8 Å². The first-order chi connectivity index (χ1) is 21.0. The zero-order chi connectivity index (χ0) is 29.4. The minimum absolute atomic E-state index is 0.0732. The largest absolute Gasteiger partial charge is 0.377 e. The lowest BCUT2D eigenvalue weighted by Gasteiger charge is -2.38. The molecule has 1 aromatic heterocycles. The van der Waals surface area contributed by atoms with Crippen molar-refractivity contribution in [3.8, 4) is 0 Å². The third kappa shape index (κ3) is 5.23. The molecule has 220 valence electrons. The Hall–Kier alpha value is -4.34. The molecular formula is C34H34N4O5. The summed E-state index contributed by atoms with van der Waals surface area (Å²) in [5.74, 6) is 0.205. The highest BCUT2D eigenvalue weighted by Crippen LogP contribution is 2.47. The maximum absolute atomic E-state index is 13.6. The molecule has 3 aromatic rings. The number of pyridine rings is 1. The molecule has 1 spiro atoms. The molecule has 0 saturated carbocycles. The Bertz CT molecular complexity index is 1610. The fourth-order valence-corrected chi connectivity index (χ4v) is 6.85. The monoisotopic (exact) mass is 578 g/mol. The first kappa shape index (κ1) is 27.5. The van der Waals surface area contributed by atoms with E-state index in [-0.39, 0.29) is 23.6 Å². The summed E-state index contributed by atoms with van der Waals surface area (Å²) in [5.41, 5.74) is 4.62. The van der Waals surface area contributed by atoms with Gasteiger partial charge in [0.05, 0.1) is 31.8 Å². The maximum Gasteiger partial charge on any atom is 0.251 e. The Morgan fingerprint density at radius 2 is 1.77 bits per heavy atom. The highest BCUT2D eigenvalue weighted by molar-refractivity contribution is 6.06. The summed E-state index contributed by atoms with van der Waals surface area (Å²) < 4.78 is 11.5. The van der Waals surface area contributed by atoms with E-state index in [0.717, 1.165) is 27.8 Å². The summed E-state index contributed by atoms with van der Waals surface area (Å²) in [4.78, 5) is 46.9. The van der Waals surface area contributed by atoms with Gasteiger partial charge in [0.25, 0.3) is 5.91 Å². The second kappa shape index (κ2) is 11.4. The molecule has 9 heteroatoms. The smallest absolute Gasteiger partial charge is 0.251 e. The van der Waals surface area contributed by atoms with Crippen LogP contribution in [0.15, 0.2) is 66.9 Å².